The molecule has 0 aromatic heterocycles. The Labute approximate surface area is 114 Å². The lowest BCUT2D eigenvalue weighted by atomic mass is 10.1. The molecule has 2 unspecified atom stereocenters. The molecule has 2 heteroatoms. The maximum absolute atomic E-state index is 5.54. The minimum atomic E-state index is 0.315. The Morgan fingerprint density at radius 2 is 1.95 bits per heavy atom. The fraction of sp³-hybridized carbons (Fsp3) is 0.294. The van der Waals surface area contributed by atoms with Crippen LogP contribution in [0.2, 0.25) is 0 Å². The van der Waals surface area contributed by atoms with E-state index in [1.807, 2.05) is 0 Å². The van der Waals surface area contributed by atoms with E-state index in [-0.39, 0.29) is 0 Å². The minimum Gasteiger partial charge on any atom is -0.378 e. The van der Waals surface area contributed by atoms with E-state index in [1.165, 1.54) is 16.3 Å². The van der Waals surface area contributed by atoms with Crippen molar-refractivity contribution < 1.29 is 4.74 Å². The van der Waals surface area contributed by atoms with Crippen molar-refractivity contribution in [3.05, 3.63) is 54.1 Å². The number of rotatable bonds is 2. The van der Waals surface area contributed by atoms with Crippen molar-refractivity contribution in [3.8, 4) is 0 Å². The van der Waals surface area contributed by atoms with Crippen LogP contribution in [0.25, 0.3) is 16.8 Å². The molecular formula is C17H19NO. The van der Waals surface area contributed by atoms with Gasteiger partial charge in [0.2, 0.25) is 0 Å². The highest BCUT2D eigenvalue weighted by Crippen LogP contribution is 2.16. The molecular weight excluding hydrogens is 234 g/mol. The summed E-state index contributed by atoms with van der Waals surface area (Å²) in [6, 6.07) is 15.7. The van der Waals surface area contributed by atoms with Gasteiger partial charge in [-0.1, -0.05) is 48.6 Å². The van der Waals surface area contributed by atoms with Crippen LogP contribution in [0.4, 0.5) is 0 Å². The van der Waals surface area contributed by atoms with Gasteiger partial charge < -0.3 is 10.1 Å². The first-order valence-electron chi connectivity index (χ1n) is 6.82. The number of nitrogens with one attached hydrogen (secondary N) is 1. The Morgan fingerprint density at radius 3 is 2.79 bits per heavy atom. The van der Waals surface area contributed by atoms with Crippen molar-refractivity contribution in [3.63, 3.8) is 0 Å². The van der Waals surface area contributed by atoms with E-state index in [4.69, 9.17) is 4.74 Å². The summed E-state index contributed by atoms with van der Waals surface area (Å²) in [5.41, 5.74) is 1.23. The van der Waals surface area contributed by atoms with Crippen molar-refractivity contribution >= 4 is 16.8 Å². The first-order chi connectivity index (χ1) is 9.31. The molecule has 19 heavy (non-hydrogen) atoms. The summed E-state index contributed by atoms with van der Waals surface area (Å²) in [7, 11) is 0. The zero-order chi connectivity index (χ0) is 13.1. The molecule has 0 radical (unpaired) electrons. The summed E-state index contributed by atoms with van der Waals surface area (Å²) in [6.07, 6.45) is 4.37. The van der Waals surface area contributed by atoms with Crippen LogP contribution in [-0.4, -0.2) is 25.3 Å². The zero-order valence-corrected chi connectivity index (χ0v) is 11.2. The van der Waals surface area contributed by atoms with Crippen LogP contribution >= 0.6 is 0 Å². The summed E-state index contributed by atoms with van der Waals surface area (Å²) >= 11 is 0. The van der Waals surface area contributed by atoms with E-state index < -0.39 is 0 Å². The molecule has 1 N–H and O–H groups in total. The molecule has 1 saturated heterocycles. The molecule has 0 aliphatic carbocycles. The highest BCUT2D eigenvalue weighted by molar-refractivity contribution is 5.84. The summed E-state index contributed by atoms with van der Waals surface area (Å²) < 4.78 is 5.54. The van der Waals surface area contributed by atoms with Gasteiger partial charge in [-0.3, -0.25) is 0 Å². The summed E-state index contributed by atoms with van der Waals surface area (Å²) in [4.78, 5) is 0. The Balaban J connectivity index is 1.77. The largest absolute Gasteiger partial charge is 0.378 e. The molecule has 98 valence electrons. The molecule has 0 bridgehead atoms. The predicted molar refractivity (Wildman–Crippen MR) is 80.2 cm³/mol. The van der Waals surface area contributed by atoms with Crippen LogP contribution < -0.4 is 5.32 Å². The summed E-state index contributed by atoms with van der Waals surface area (Å²) in [6.45, 7) is 3.71. The van der Waals surface area contributed by atoms with Gasteiger partial charge in [0.05, 0.1) is 13.2 Å². The maximum Gasteiger partial charge on any atom is 0.0656 e. The lowest BCUT2D eigenvalue weighted by Crippen LogP contribution is -2.46. The first kappa shape index (κ1) is 12.4. The van der Waals surface area contributed by atoms with Gasteiger partial charge in [-0.2, -0.15) is 0 Å². The first-order valence-corrected chi connectivity index (χ1v) is 6.82. The Hall–Kier alpha value is -1.64. The van der Waals surface area contributed by atoms with Gasteiger partial charge in [0.1, 0.15) is 0 Å². The smallest absolute Gasteiger partial charge is 0.0656 e. The third-order valence-corrected chi connectivity index (χ3v) is 3.46. The Bertz CT molecular complexity index is 591. The molecule has 2 aromatic rings. The second-order valence-corrected chi connectivity index (χ2v) is 5.18. The van der Waals surface area contributed by atoms with Crippen molar-refractivity contribution in [2.45, 2.75) is 19.0 Å². The monoisotopic (exact) mass is 253 g/mol. The van der Waals surface area contributed by atoms with E-state index >= 15 is 0 Å². The molecule has 2 aromatic carbocycles. The van der Waals surface area contributed by atoms with E-state index in [0.717, 1.165) is 13.2 Å². The molecule has 1 aliphatic rings. The van der Waals surface area contributed by atoms with Crippen molar-refractivity contribution in [2.24, 2.45) is 0 Å². The molecule has 1 aliphatic heterocycles. The summed E-state index contributed by atoms with van der Waals surface area (Å²) in [5.74, 6) is 0. The molecule has 1 heterocycles. The molecule has 1 fully saturated rings. The molecule has 2 atom stereocenters. The fourth-order valence-corrected chi connectivity index (χ4v) is 2.48. The molecule has 3 rings (SSSR count). The quantitative estimate of drug-likeness (QED) is 0.887. The topological polar surface area (TPSA) is 21.3 Å². The zero-order valence-electron chi connectivity index (χ0n) is 11.2. The van der Waals surface area contributed by atoms with Crippen LogP contribution in [-0.2, 0) is 4.74 Å². The molecule has 0 spiro atoms. The average molecular weight is 253 g/mol. The fourth-order valence-electron chi connectivity index (χ4n) is 2.48. The van der Waals surface area contributed by atoms with Crippen LogP contribution in [0.5, 0.6) is 0 Å². The highest BCUT2D eigenvalue weighted by Gasteiger charge is 2.15. The van der Waals surface area contributed by atoms with Crippen LogP contribution in [0.3, 0.4) is 0 Å². The SMILES string of the molecule is CC1COCC(/C=C/c2ccc3ccccc3c2)N1. The summed E-state index contributed by atoms with van der Waals surface area (Å²) in [5, 5.41) is 6.08. The van der Waals surface area contributed by atoms with Crippen LogP contribution in [0.1, 0.15) is 12.5 Å². The predicted octanol–water partition coefficient (Wildman–Crippen LogP) is 3.23. The standard InChI is InChI=1S/C17H19NO/c1-13-11-19-12-17(18-13)9-7-14-6-8-15-4-2-3-5-16(15)10-14/h2-10,13,17-18H,11-12H2,1H3/b9-7+. The second kappa shape index (κ2) is 5.55. The number of ether oxygens (including phenoxy) is 1. The van der Waals surface area contributed by atoms with Crippen LogP contribution in [0.15, 0.2) is 48.5 Å². The third-order valence-electron chi connectivity index (χ3n) is 3.46. The van der Waals surface area contributed by atoms with Crippen molar-refractivity contribution in [2.75, 3.05) is 13.2 Å². The Kier molecular flexibility index (Phi) is 3.62. The number of hydrogen-bond donors (Lipinski definition) is 1. The van der Waals surface area contributed by atoms with Crippen molar-refractivity contribution in [1.82, 2.24) is 5.32 Å². The van der Waals surface area contributed by atoms with E-state index in [1.54, 1.807) is 0 Å². The number of fused-ring (bicyclic) bond motifs is 1. The van der Waals surface area contributed by atoms with Gasteiger partial charge >= 0.3 is 0 Å². The van der Waals surface area contributed by atoms with Gasteiger partial charge in [0.15, 0.2) is 0 Å². The van der Waals surface area contributed by atoms with E-state index in [2.05, 4.69) is 66.9 Å². The van der Waals surface area contributed by atoms with Crippen molar-refractivity contribution in [1.29, 1.82) is 0 Å². The van der Waals surface area contributed by atoms with E-state index in [0.29, 0.717) is 12.1 Å². The lowest BCUT2D eigenvalue weighted by molar-refractivity contribution is 0.0637. The van der Waals surface area contributed by atoms with Gasteiger partial charge in [-0.05, 0) is 29.3 Å². The van der Waals surface area contributed by atoms with Gasteiger partial charge in [-0.15, -0.1) is 0 Å². The molecule has 0 amide bonds. The maximum atomic E-state index is 5.54. The number of morpholine rings is 1. The lowest BCUT2D eigenvalue weighted by Gasteiger charge is -2.26. The molecule has 0 saturated carbocycles. The minimum absolute atomic E-state index is 0.315. The van der Waals surface area contributed by atoms with Crippen LogP contribution in [0, 0.1) is 0 Å². The third kappa shape index (κ3) is 3.03. The van der Waals surface area contributed by atoms with Gasteiger partial charge in [0, 0.05) is 12.1 Å². The Morgan fingerprint density at radius 1 is 1.11 bits per heavy atom. The van der Waals surface area contributed by atoms with Gasteiger partial charge in [0.25, 0.3) is 0 Å². The van der Waals surface area contributed by atoms with Gasteiger partial charge in [-0.25, -0.2) is 0 Å². The average Bonchev–Trinajstić information content (AvgIpc) is 2.45. The normalized spacial score (nSPS) is 24.1. The number of hydrogen-bond acceptors (Lipinski definition) is 2. The second-order valence-electron chi connectivity index (χ2n) is 5.18. The highest BCUT2D eigenvalue weighted by atomic mass is 16.5. The van der Waals surface area contributed by atoms with E-state index in [9.17, 15) is 0 Å². The number of benzene rings is 2. The molecule has 2 nitrogen and oxygen atoms in total.